The number of benzene rings is 1. The Hall–Kier alpha value is -2.01. The molecule has 0 spiro atoms. The summed E-state index contributed by atoms with van der Waals surface area (Å²) in [7, 11) is 0. The van der Waals surface area contributed by atoms with Gasteiger partial charge in [-0.15, -0.1) is 0 Å². The number of halogens is 2. The van der Waals surface area contributed by atoms with Crippen molar-refractivity contribution in [2.75, 3.05) is 6.54 Å². The van der Waals surface area contributed by atoms with E-state index in [1.807, 2.05) is 19.1 Å². The average Bonchev–Trinajstić information content (AvgIpc) is 3.19. The molecule has 1 atom stereocenters. The summed E-state index contributed by atoms with van der Waals surface area (Å²) in [4.78, 5) is 14.4. The van der Waals surface area contributed by atoms with Crippen molar-refractivity contribution in [2.45, 2.75) is 32.2 Å². The predicted octanol–water partition coefficient (Wildman–Crippen LogP) is 4.32. The highest BCUT2D eigenvalue weighted by Gasteiger charge is 2.33. The van der Waals surface area contributed by atoms with Gasteiger partial charge in [0, 0.05) is 18.5 Å². The lowest BCUT2D eigenvalue weighted by atomic mass is 10.1. The predicted molar refractivity (Wildman–Crippen MR) is 84.2 cm³/mol. The Morgan fingerprint density at radius 1 is 1.48 bits per heavy atom. The van der Waals surface area contributed by atoms with Crippen LogP contribution in [0, 0.1) is 5.82 Å². The third-order valence-electron chi connectivity index (χ3n) is 4.14. The van der Waals surface area contributed by atoms with Crippen LogP contribution in [0.5, 0.6) is 5.75 Å². The van der Waals surface area contributed by atoms with E-state index in [1.165, 1.54) is 6.07 Å². The Kier molecular flexibility index (Phi) is 4.31. The Morgan fingerprint density at radius 3 is 2.91 bits per heavy atom. The van der Waals surface area contributed by atoms with E-state index in [2.05, 4.69) is 0 Å². The van der Waals surface area contributed by atoms with Crippen molar-refractivity contribution < 1.29 is 18.7 Å². The van der Waals surface area contributed by atoms with Crippen LogP contribution >= 0.6 is 11.6 Å². The zero-order valence-electron chi connectivity index (χ0n) is 12.7. The number of furan rings is 1. The van der Waals surface area contributed by atoms with Crippen LogP contribution in [0.3, 0.4) is 0 Å². The highest BCUT2D eigenvalue weighted by atomic mass is 35.5. The zero-order valence-corrected chi connectivity index (χ0v) is 13.4. The molecule has 0 radical (unpaired) electrons. The molecule has 1 unspecified atom stereocenters. The fraction of sp³-hybridized carbons (Fsp3) is 0.353. The first kappa shape index (κ1) is 15.9. The van der Waals surface area contributed by atoms with Crippen molar-refractivity contribution in [3.05, 3.63) is 52.2 Å². The van der Waals surface area contributed by atoms with Crippen LogP contribution < -0.4 is 0 Å². The number of carbonyl (C=O) groups excluding carboxylic acids is 1. The quantitative estimate of drug-likeness (QED) is 0.907. The van der Waals surface area contributed by atoms with Gasteiger partial charge in [-0.2, -0.15) is 0 Å². The molecule has 0 bridgehead atoms. The SMILES string of the molecule is CCc1ccc(C2CCCN2C(=O)c2cc(F)c(O)c(Cl)c2)o1. The Balaban J connectivity index is 1.89. The molecule has 0 aliphatic carbocycles. The number of amides is 1. The molecular formula is C17H17ClFNO3. The average molecular weight is 338 g/mol. The van der Waals surface area contributed by atoms with E-state index in [1.54, 1.807) is 4.90 Å². The Labute approximate surface area is 138 Å². The van der Waals surface area contributed by atoms with E-state index in [-0.39, 0.29) is 22.5 Å². The van der Waals surface area contributed by atoms with Gasteiger partial charge in [0.2, 0.25) is 0 Å². The number of aromatic hydroxyl groups is 1. The smallest absolute Gasteiger partial charge is 0.254 e. The molecule has 6 heteroatoms. The molecule has 1 aliphatic rings. The third-order valence-corrected chi connectivity index (χ3v) is 4.42. The number of hydrogen-bond donors (Lipinski definition) is 1. The van der Waals surface area contributed by atoms with Crippen molar-refractivity contribution in [3.8, 4) is 5.75 Å². The van der Waals surface area contributed by atoms with Gasteiger partial charge < -0.3 is 14.4 Å². The molecule has 3 rings (SSSR count). The van der Waals surface area contributed by atoms with Gasteiger partial charge in [-0.05, 0) is 37.1 Å². The summed E-state index contributed by atoms with van der Waals surface area (Å²) >= 11 is 5.77. The topological polar surface area (TPSA) is 53.7 Å². The third kappa shape index (κ3) is 2.93. The maximum absolute atomic E-state index is 13.6. The van der Waals surface area contributed by atoms with Crippen molar-refractivity contribution in [2.24, 2.45) is 0 Å². The molecular weight excluding hydrogens is 321 g/mol. The lowest BCUT2D eigenvalue weighted by Crippen LogP contribution is -2.30. The van der Waals surface area contributed by atoms with E-state index in [9.17, 15) is 14.3 Å². The highest BCUT2D eigenvalue weighted by molar-refractivity contribution is 6.32. The number of phenols is 1. The van der Waals surface area contributed by atoms with Gasteiger partial charge in [0.05, 0.1) is 11.1 Å². The van der Waals surface area contributed by atoms with E-state index < -0.39 is 11.6 Å². The number of carbonyl (C=O) groups is 1. The lowest BCUT2D eigenvalue weighted by Gasteiger charge is -2.23. The fourth-order valence-electron chi connectivity index (χ4n) is 2.92. The van der Waals surface area contributed by atoms with Gasteiger partial charge in [0.15, 0.2) is 11.6 Å². The second kappa shape index (κ2) is 6.24. The maximum Gasteiger partial charge on any atom is 0.254 e. The Morgan fingerprint density at radius 2 is 2.26 bits per heavy atom. The van der Waals surface area contributed by atoms with Crippen LogP contribution in [0.25, 0.3) is 0 Å². The number of hydrogen-bond acceptors (Lipinski definition) is 3. The van der Waals surface area contributed by atoms with Crippen LogP contribution in [-0.2, 0) is 6.42 Å². The molecule has 1 fully saturated rings. The molecule has 1 N–H and O–H groups in total. The summed E-state index contributed by atoms with van der Waals surface area (Å²) in [6, 6.07) is 5.95. The first-order valence-electron chi connectivity index (χ1n) is 7.58. The lowest BCUT2D eigenvalue weighted by molar-refractivity contribution is 0.0718. The minimum absolute atomic E-state index is 0.125. The number of aryl methyl sites for hydroxylation is 1. The van der Waals surface area contributed by atoms with E-state index in [4.69, 9.17) is 16.0 Å². The second-order valence-electron chi connectivity index (χ2n) is 5.60. The molecule has 122 valence electrons. The summed E-state index contributed by atoms with van der Waals surface area (Å²) in [5.74, 6) is -0.235. The summed E-state index contributed by atoms with van der Waals surface area (Å²) < 4.78 is 19.4. The highest BCUT2D eigenvalue weighted by Crippen LogP contribution is 2.35. The van der Waals surface area contributed by atoms with Crippen molar-refractivity contribution >= 4 is 17.5 Å². The Bertz CT molecular complexity index is 720. The maximum atomic E-state index is 13.6. The number of rotatable bonds is 3. The van der Waals surface area contributed by atoms with Gasteiger partial charge in [-0.3, -0.25) is 4.79 Å². The number of phenolic OH excluding ortho intramolecular Hbond substituents is 1. The largest absolute Gasteiger partial charge is 0.504 e. The van der Waals surface area contributed by atoms with Gasteiger partial charge >= 0.3 is 0 Å². The molecule has 1 aromatic carbocycles. The number of nitrogens with zero attached hydrogens (tertiary/aromatic N) is 1. The molecule has 2 aromatic rings. The summed E-state index contributed by atoms with van der Waals surface area (Å²) in [5, 5.41) is 9.22. The van der Waals surface area contributed by atoms with E-state index >= 15 is 0 Å². The zero-order chi connectivity index (χ0) is 16.6. The molecule has 23 heavy (non-hydrogen) atoms. The van der Waals surface area contributed by atoms with Gasteiger partial charge in [-0.25, -0.2) is 4.39 Å². The van der Waals surface area contributed by atoms with Crippen LogP contribution in [0.1, 0.15) is 47.7 Å². The standard InChI is InChI=1S/C17H17ClFNO3/c1-2-11-5-6-15(23-11)14-4-3-7-20(14)17(22)10-8-12(18)16(21)13(19)9-10/h5-6,8-9,14,21H,2-4,7H2,1H3. The molecule has 4 nitrogen and oxygen atoms in total. The van der Waals surface area contributed by atoms with E-state index in [0.717, 1.165) is 36.8 Å². The summed E-state index contributed by atoms with van der Waals surface area (Å²) in [6.45, 7) is 2.58. The molecule has 1 amide bonds. The van der Waals surface area contributed by atoms with Crippen molar-refractivity contribution in [1.82, 2.24) is 4.90 Å². The van der Waals surface area contributed by atoms with Gasteiger partial charge in [-0.1, -0.05) is 18.5 Å². The van der Waals surface area contributed by atoms with Crippen LogP contribution in [0.15, 0.2) is 28.7 Å². The van der Waals surface area contributed by atoms with Gasteiger partial charge in [0.1, 0.15) is 11.5 Å². The first-order valence-corrected chi connectivity index (χ1v) is 7.96. The fourth-order valence-corrected chi connectivity index (χ4v) is 3.13. The minimum atomic E-state index is -0.900. The second-order valence-corrected chi connectivity index (χ2v) is 6.01. The molecule has 1 aliphatic heterocycles. The van der Waals surface area contributed by atoms with E-state index in [0.29, 0.717) is 6.54 Å². The summed E-state index contributed by atoms with van der Waals surface area (Å²) in [5.41, 5.74) is 0.125. The molecule has 2 heterocycles. The monoisotopic (exact) mass is 337 g/mol. The van der Waals surface area contributed by atoms with Gasteiger partial charge in [0.25, 0.3) is 5.91 Å². The minimum Gasteiger partial charge on any atom is -0.504 e. The summed E-state index contributed by atoms with van der Waals surface area (Å²) in [6.07, 6.45) is 2.45. The first-order chi connectivity index (χ1) is 11.0. The van der Waals surface area contributed by atoms with Crippen molar-refractivity contribution in [1.29, 1.82) is 0 Å². The number of likely N-dealkylation sites (tertiary alicyclic amines) is 1. The normalized spacial score (nSPS) is 17.7. The van der Waals surface area contributed by atoms with Crippen LogP contribution in [0.4, 0.5) is 4.39 Å². The molecule has 1 saturated heterocycles. The van der Waals surface area contributed by atoms with Crippen molar-refractivity contribution in [3.63, 3.8) is 0 Å². The van der Waals surface area contributed by atoms with Crippen LogP contribution in [0.2, 0.25) is 5.02 Å². The van der Waals surface area contributed by atoms with Crippen LogP contribution in [-0.4, -0.2) is 22.5 Å². The molecule has 0 saturated carbocycles. The molecule has 1 aromatic heterocycles.